The molecule has 0 amide bonds. The lowest BCUT2D eigenvalue weighted by atomic mass is 10.2. The first kappa shape index (κ1) is 10.2. The summed E-state index contributed by atoms with van der Waals surface area (Å²) >= 11 is 0. The Morgan fingerprint density at radius 2 is 1.85 bits per heavy atom. The fraction of sp³-hybridized carbons (Fsp3) is 0.222. The summed E-state index contributed by atoms with van der Waals surface area (Å²) in [6.45, 7) is 4.06. The maximum absolute atomic E-state index is 10.7. The summed E-state index contributed by atoms with van der Waals surface area (Å²) in [5, 5.41) is 0. The third-order valence-electron chi connectivity index (χ3n) is 1.56. The van der Waals surface area contributed by atoms with Crippen LogP contribution in [0.25, 0.3) is 0 Å². The van der Waals surface area contributed by atoms with Gasteiger partial charge in [-0.3, -0.25) is 0 Å². The summed E-state index contributed by atoms with van der Waals surface area (Å²) < 4.78 is 23.9. The van der Waals surface area contributed by atoms with Gasteiger partial charge in [-0.15, -0.1) is 0 Å². The fourth-order valence-electron chi connectivity index (χ4n) is 0.872. The van der Waals surface area contributed by atoms with Gasteiger partial charge < -0.3 is 0 Å². The van der Waals surface area contributed by atoms with Crippen molar-refractivity contribution in [2.45, 2.75) is 6.54 Å². The van der Waals surface area contributed by atoms with Crippen molar-refractivity contribution in [2.75, 3.05) is 6.26 Å². The predicted octanol–water partition coefficient (Wildman–Crippen LogP) is 0.918. The van der Waals surface area contributed by atoms with Crippen LogP contribution in [0.5, 0.6) is 0 Å². The average molecular weight is 198 g/mol. The summed E-state index contributed by atoms with van der Waals surface area (Å²) in [5.74, 6) is 0. The van der Waals surface area contributed by atoms with Crippen molar-refractivity contribution in [3.63, 3.8) is 0 Å². The Kier molecular flexibility index (Phi) is 3.06. The summed E-state index contributed by atoms with van der Waals surface area (Å²) in [4.78, 5) is 0. The maximum atomic E-state index is 10.7. The van der Waals surface area contributed by atoms with Crippen LogP contribution in [0.2, 0.25) is 0 Å². The number of rotatable bonds is 3. The number of hydrogen-bond acceptors (Lipinski definition) is 2. The zero-order chi connectivity index (χ0) is 9.90. The van der Waals surface area contributed by atoms with E-state index in [0.29, 0.717) is 6.54 Å². The van der Waals surface area contributed by atoms with Gasteiger partial charge in [0.1, 0.15) is 0 Å². The Bertz CT molecular complexity index is 367. The van der Waals surface area contributed by atoms with Crippen LogP contribution in [0.3, 0.4) is 0 Å². The smallest absolute Gasteiger partial charge is 0.209 e. The minimum Gasteiger partial charge on any atom is -0.213 e. The summed E-state index contributed by atoms with van der Waals surface area (Å²) in [6, 6.07) is 7.39. The minimum absolute atomic E-state index is 0.332. The highest BCUT2D eigenvalue weighted by Gasteiger charge is 1.99. The molecule has 0 bridgehead atoms. The molecule has 13 heavy (non-hydrogen) atoms. The molecule has 0 fully saturated rings. The molecular weight excluding hydrogens is 186 g/mol. The normalized spacial score (nSPS) is 11.5. The van der Waals surface area contributed by atoms with Crippen molar-refractivity contribution in [3.8, 4) is 0 Å². The van der Waals surface area contributed by atoms with Crippen molar-refractivity contribution < 1.29 is 8.42 Å². The Balaban J connectivity index is 2.61. The van der Waals surface area contributed by atoms with Crippen molar-refractivity contribution in [3.05, 3.63) is 42.3 Å². The van der Waals surface area contributed by atoms with E-state index in [1.807, 2.05) is 24.3 Å². The first-order chi connectivity index (χ1) is 5.97. The number of benzene rings is 1. The van der Waals surface area contributed by atoms with E-state index in [0.717, 1.165) is 17.4 Å². The second kappa shape index (κ2) is 3.89. The van der Waals surface area contributed by atoms with E-state index in [4.69, 9.17) is 0 Å². The van der Waals surface area contributed by atoms with Crippen LogP contribution in [0, 0.1) is 6.92 Å². The van der Waals surface area contributed by atoms with E-state index < -0.39 is 10.0 Å². The minimum atomic E-state index is -3.10. The van der Waals surface area contributed by atoms with Gasteiger partial charge in [0.2, 0.25) is 10.0 Å². The molecule has 0 aliphatic heterocycles. The van der Waals surface area contributed by atoms with Crippen molar-refractivity contribution in [1.29, 1.82) is 0 Å². The molecule has 71 valence electrons. The van der Waals surface area contributed by atoms with Crippen LogP contribution in [0.1, 0.15) is 11.1 Å². The Morgan fingerprint density at radius 1 is 1.31 bits per heavy atom. The molecule has 0 aliphatic carbocycles. The standard InChI is InChI=1S/C9H12NO2S/c1-8-3-5-9(6-4-8)7-10-13(2,11)12/h3-6,10H,1,7H2,2H3. The monoisotopic (exact) mass is 198 g/mol. The molecule has 1 rings (SSSR count). The van der Waals surface area contributed by atoms with Gasteiger partial charge in [0, 0.05) is 6.54 Å². The van der Waals surface area contributed by atoms with E-state index in [1.54, 1.807) is 0 Å². The van der Waals surface area contributed by atoms with Crippen LogP contribution in [0.15, 0.2) is 24.3 Å². The molecule has 3 nitrogen and oxygen atoms in total. The van der Waals surface area contributed by atoms with Gasteiger partial charge in [-0.25, -0.2) is 13.1 Å². The lowest BCUT2D eigenvalue weighted by molar-refractivity contribution is 0.587. The van der Waals surface area contributed by atoms with Crippen molar-refractivity contribution in [1.82, 2.24) is 4.72 Å². The SMILES string of the molecule is [CH2]c1ccc(CNS(C)(=O)=O)cc1. The van der Waals surface area contributed by atoms with Gasteiger partial charge >= 0.3 is 0 Å². The lowest BCUT2D eigenvalue weighted by Gasteiger charge is -2.02. The average Bonchev–Trinajstić information content (AvgIpc) is 2.02. The molecule has 0 atom stereocenters. The number of nitrogens with one attached hydrogen (secondary N) is 1. The zero-order valence-corrected chi connectivity index (χ0v) is 8.26. The maximum Gasteiger partial charge on any atom is 0.209 e. The van der Waals surface area contributed by atoms with Gasteiger partial charge in [-0.2, -0.15) is 0 Å². The summed E-state index contributed by atoms with van der Waals surface area (Å²) in [7, 11) is -3.10. The third kappa shape index (κ3) is 4.05. The lowest BCUT2D eigenvalue weighted by Crippen LogP contribution is -2.21. The summed E-state index contributed by atoms with van der Waals surface area (Å²) in [5.41, 5.74) is 1.85. The van der Waals surface area contributed by atoms with Gasteiger partial charge in [-0.05, 0) is 18.1 Å². The highest BCUT2D eigenvalue weighted by atomic mass is 32.2. The molecule has 0 saturated carbocycles. The van der Waals surface area contributed by atoms with E-state index in [-0.39, 0.29) is 0 Å². The molecule has 0 aliphatic rings. The highest BCUT2D eigenvalue weighted by Crippen LogP contribution is 2.02. The van der Waals surface area contributed by atoms with E-state index in [1.165, 1.54) is 0 Å². The molecule has 0 heterocycles. The largest absolute Gasteiger partial charge is 0.213 e. The molecule has 1 radical (unpaired) electrons. The van der Waals surface area contributed by atoms with Crippen molar-refractivity contribution >= 4 is 10.0 Å². The molecular formula is C9H12NO2S. The van der Waals surface area contributed by atoms with Crippen LogP contribution in [-0.2, 0) is 16.6 Å². The highest BCUT2D eigenvalue weighted by molar-refractivity contribution is 7.88. The van der Waals surface area contributed by atoms with Crippen LogP contribution in [-0.4, -0.2) is 14.7 Å². The number of hydrogen-bond donors (Lipinski definition) is 1. The molecule has 4 heteroatoms. The predicted molar refractivity (Wildman–Crippen MR) is 52.6 cm³/mol. The Hall–Kier alpha value is -0.870. The van der Waals surface area contributed by atoms with E-state index in [9.17, 15) is 8.42 Å². The van der Waals surface area contributed by atoms with Gasteiger partial charge in [-0.1, -0.05) is 24.3 Å². The molecule has 1 aromatic rings. The molecule has 0 saturated heterocycles. The van der Waals surface area contributed by atoms with Gasteiger partial charge in [0.25, 0.3) is 0 Å². The zero-order valence-electron chi connectivity index (χ0n) is 7.45. The molecule has 0 spiro atoms. The van der Waals surface area contributed by atoms with Crippen molar-refractivity contribution in [2.24, 2.45) is 0 Å². The Morgan fingerprint density at radius 3 is 2.31 bits per heavy atom. The molecule has 1 N–H and O–H groups in total. The van der Waals surface area contributed by atoms with E-state index >= 15 is 0 Å². The quantitative estimate of drug-likeness (QED) is 0.785. The molecule has 0 unspecified atom stereocenters. The molecule has 1 aromatic carbocycles. The van der Waals surface area contributed by atoms with Gasteiger partial charge in [0.05, 0.1) is 6.26 Å². The Labute approximate surface area is 78.8 Å². The third-order valence-corrected chi connectivity index (χ3v) is 2.23. The van der Waals surface area contributed by atoms with Crippen LogP contribution < -0.4 is 4.72 Å². The second-order valence-electron chi connectivity index (χ2n) is 2.91. The van der Waals surface area contributed by atoms with E-state index in [2.05, 4.69) is 11.6 Å². The number of sulfonamides is 1. The summed E-state index contributed by atoms with van der Waals surface area (Å²) in [6.07, 6.45) is 1.14. The first-order valence-electron chi connectivity index (χ1n) is 3.83. The molecule has 0 aromatic heterocycles. The topological polar surface area (TPSA) is 46.2 Å². The second-order valence-corrected chi connectivity index (χ2v) is 4.74. The van der Waals surface area contributed by atoms with Gasteiger partial charge in [0.15, 0.2) is 0 Å². The van der Waals surface area contributed by atoms with Crippen LogP contribution in [0.4, 0.5) is 0 Å². The van der Waals surface area contributed by atoms with Crippen LogP contribution >= 0.6 is 0 Å². The first-order valence-corrected chi connectivity index (χ1v) is 5.72. The fourth-order valence-corrected chi connectivity index (χ4v) is 1.30.